The first-order valence-electron chi connectivity index (χ1n) is 5.73. The zero-order valence-corrected chi connectivity index (χ0v) is 12.0. The van der Waals surface area contributed by atoms with Gasteiger partial charge in [0.15, 0.2) is 6.61 Å². The molecule has 108 valence electrons. The van der Waals surface area contributed by atoms with Gasteiger partial charge in [0.2, 0.25) is 5.90 Å². The van der Waals surface area contributed by atoms with Crippen LogP contribution in [0, 0.1) is 0 Å². The molecule has 7 heteroatoms. The largest absolute Gasteiger partial charge is 0.454 e. The second-order valence-electron chi connectivity index (χ2n) is 3.77. The summed E-state index contributed by atoms with van der Waals surface area (Å²) in [6.45, 7) is 0.668. The van der Waals surface area contributed by atoms with E-state index in [0.717, 1.165) is 10.5 Å². The topological polar surface area (TPSA) is 85.2 Å². The predicted octanol–water partition coefficient (Wildman–Crippen LogP) is 1.84. The molecule has 20 heavy (non-hydrogen) atoms. The summed E-state index contributed by atoms with van der Waals surface area (Å²) in [6.07, 6.45) is 2.13. The Bertz CT molecular complexity index is 498. The SMILES string of the molecule is CSc1ccc(CC(=NO)OC(=O)COC(C)=O)cc1. The molecule has 0 amide bonds. The fourth-order valence-corrected chi connectivity index (χ4v) is 1.74. The Morgan fingerprint density at radius 3 is 2.45 bits per heavy atom. The number of nitrogens with zero attached hydrogens (tertiary/aromatic N) is 1. The van der Waals surface area contributed by atoms with Gasteiger partial charge in [0.25, 0.3) is 0 Å². The number of ether oxygens (including phenoxy) is 2. The monoisotopic (exact) mass is 297 g/mol. The van der Waals surface area contributed by atoms with Crippen molar-refractivity contribution in [2.24, 2.45) is 5.16 Å². The molecule has 0 unspecified atom stereocenters. The molecule has 0 heterocycles. The van der Waals surface area contributed by atoms with Crippen LogP contribution in [0.15, 0.2) is 34.3 Å². The number of esters is 2. The van der Waals surface area contributed by atoms with E-state index in [2.05, 4.69) is 9.89 Å². The van der Waals surface area contributed by atoms with Gasteiger partial charge in [-0.05, 0) is 24.0 Å². The minimum atomic E-state index is -0.797. The Morgan fingerprint density at radius 1 is 1.30 bits per heavy atom. The molecule has 0 aliphatic rings. The lowest BCUT2D eigenvalue weighted by molar-refractivity contribution is -0.152. The van der Waals surface area contributed by atoms with E-state index < -0.39 is 18.5 Å². The molecule has 0 aliphatic carbocycles. The van der Waals surface area contributed by atoms with Crippen molar-refractivity contribution < 1.29 is 24.3 Å². The van der Waals surface area contributed by atoms with Crippen LogP contribution in [0.25, 0.3) is 0 Å². The summed E-state index contributed by atoms with van der Waals surface area (Å²) in [6, 6.07) is 7.51. The fraction of sp³-hybridized carbons (Fsp3) is 0.308. The molecule has 0 spiro atoms. The number of carbonyl (C=O) groups is 2. The molecule has 0 aromatic heterocycles. The molecule has 6 nitrogen and oxygen atoms in total. The third-order valence-corrected chi connectivity index (χ3v) is 2.99. The third-order valence-electron chi connectivity index (χ3n) is 2.25. The van der Waals surface area contributed by atoms with Crippen molar-refractivity contribution >= 4 is 29.6 Å². The minimum Gasteiger partial charge on any atom is -0.454 e. The van der Waals surface area contributed by atoms with Crippen molar-refractivity contribution in [3.63, 3.8) is 0 Å². The van der Waals surface area contributed by atoms with Crippen LogP contribution in [-0.4, -0.2) is 35.9 Å². The van der Waals surface area contributed by atoms with Gasteiger partial charge in [-0.3, -0.25) is 4.79 Å². The van der Waals surface area contributed by atoms with Crippen LogP contribution in [0.1, 0.15) is 12.5 Å². The van der Waals surface area contributed by atoms with Gasteiger partial charge >= 0.3 is 11.9 Å². The fourth-order valence-electron chi connectivity index (χ4n) is 1.33. The van der Waals surface area contributed by atoms with Gasteiger partial charge in [0.1, 0.15) is 0 Å². The summed E-state index contributed by atoms with van der Waals surface area (Å²) in [4.78, 5) is 23.0. The van der Waals surface area contributed by atoms with E-state index >= 15 is 0 Å². The Labute approximate surface area is 120 Å². The maximum Gasteiger partial charge on any atom is 0.350 e. The van der Waals surface area contributed by atoms with Crippen LogP contribution in [0.4, 0.5) is 0 Å². The molecular formula is C13H15NO5S. The van der Waals surface area contributed by atoms with Crippen LogP contribution < -0.4 is 0 Å². The quantitative estimate of drug-likeness (QED) is 0.223. The highest BCUT2D eigenvalue weighted by molar-refractivity contribution is 7.98. The van der Waals surface area contributed by atoms with Gasteiger partial charge in [0.05, 0.1) is 6.42 Å². The average Bonchev–Trinajstić information content (AvgIpc) is 2.45. The van der Waals surface area contributed by atoms with Crippen LogP contribution in [0.2, 0.25) is 0 Å². The lowest BCUT2D eigenvalue weighted by Gasteiger charge is -2.06. The maximum absolute atomic E-state index is 11.3. The van der Waals surface area contributed by atoms with E-state index in [0.29, 0.717) is 0 Å². The van der Waals surface area contributed by atoms with E-state index in [1.54, 1.807) is 11.8 Å². The van der Waals surface area contributed by atoms with Crippen molar-refractivity contribution in [2.45, 2.75) is 18.2 Å². The highest BCUT2D eigenvalue weighted by atomic mass is 32.2. The smallest absolute Gasteiger partial charge is 0.350 e. The summed E-state index contributed by atoms with van der Waals surface area (Å²) < 4.78 is 9.27. The lowest BCUT2D eigenvalue weighted by atomic mass is 10.1. The molecule has 0 radical (unpaired) electrons. The zero-order chi connectivity index (χ0) is 15.0. The molecule has 0 bridgehead atoms. The number of rotatable bonds is 5. The van der Waals surface area contributed by atoms with Crippen molar-refractivity contribution in [1.29, 1.82) is 0 Å². The second kappa shape index (κ2) is 8.21. The highest BCUT2D eigenvalue weighted by Crippen LogP contribution is 2.15. The predicted molar refractivity (Wildman–Crippen MR) is 73.9 cm³/mol. The van der Waals surface area contributed by atoms with Crippen LogP contribution in [0.3, 0.4) is 0 Å². The molecule has 0 fully saturated rings. The first-order valence-corrected chi connectivity index (χ1v) is 6.95. The molecule has 1 aromatic rings. The maximum atomic E-state index is 11.3. The number of thioether (sulfide) groups is 1. The Balaban J connectivity index is 2.54. The summed E-state index contributed by atoms with van der Waals surface area (Å²) >= 11 is 1.61. The van der Waals surface area contributed by atoms with E-state index in [1.807, 2.05) is 30.5 Å². The molecule has 1 rings (SSSR count). The lowest BCUT2D eigenvalue weighted by Crippen LogP contribution is -2.20. The molecular weight excluding hydrogens is 282 g/mol. The number of hydrogen-bond donors (Lipinski definition) is 1. The number of hydrogen-bond acceptors (Lipinski definition) is 7. The molecule has 0 atom stereocenters. The van der Waals surface area contributed by atoms with E-state index in [9.17, 15) is 9.59 Å². The summed E-state index contributed by atoms with van der Waals surface area (Å²) in [5.74, 6) is -1.54. The van der Waals surface area contributed by atoms with Gasteiger partial charge in [0, 0.05) is 11.8 Å². The number of carbonyl (C=O) groups excluding carboxylic acids is 2. The Hall–Kier alpha value is -2.02. The zero-order valence-electron chi connectivity index (χ0n) is 11.2. The van der Waals surface area contributed by atoms with Gasteiger partial charge in [-0.15, -0.1) is 11.8 Å². The average molecular weight is 297 g/mol. The van der Waals surface area contributed by atoms with Gasteiger partial charge in [-0.1, -0.05) is 17.3 Å². The van der Waals surface area contributed by atoms with Crippen molar-refractivity contribution in [2.75, 3.05) is 12.9 Å². The van der Waals surface area contributed by atoms with Crippen molar-refractivity contribution in [3.8, 4) is 0 Å². The van der Waals surface area contributed by atoms with Gasteiger partial charge < -0.3 is 14.7 Å². The highest BCUT2D eigenvalue weighted by Gasteiger charge is 2.12. The van der Waals surface area contributed by atoms with Crippen LogP contribution in [0.5, 0.6) is 0 Å². The number of benzene rings is 1. The van der Waals surface area contributed by atoms with Crippen LogP contribution >= 0.6 is 11.8 Å². The van der Waals surface area contributed by atoms with E-state index in [-0.39, 0.29) is 12.3 Å². The standard InChI is InChI=1S/C13H15NO5S/c1-9(15)18-8-13(16)19-12(14-17)7-10-3-5-11(20-2)6-4-10/h3-6,17H,7-8H2,1-2H3. The minimum absolute atomic E-state index is 0.154. The summed E-state index contributed by atoms with van der Waals surface area (Å²) in [5.41, 5.74) is 0.830. The Morgan fingerprint density at radius 2 is 1.95 bits per heavy atom. The second-order valence-corrected chi connectivity index (χ2v) is 4.65. The first-order chi connectivity index (χ1) is 9.55. The van der Waals surface area contributed by atoms with Gasteiger partial charge in [-0.2, -0.15) is 0 Å². The Kier molecular flexibility index (Phi) is 6.58. The van der Waals surface area contributed by atoms with E-state index in [4.69, 9.17) is 9.94 Å². The van der Waals surface area contributed by atoms with Crippen molar-refractivity contribution in [1.82, 2.24) is 0 Å². The molecule has 0 saturated heterocycles. The first kappa shape index (κ1) is 16.0. The molecule has 0 saturated carbocycles. The summed E-state index contributed by atoms with van der Waals surface area (Å²) in [7, 11) is 0. The number of oxime groups is 1. The summed E-state index contributed by atoms with van der Waals surface area (Å²) in [5, 5.41) is 11.7. The third kappa shape index (κ3) is 5.75. The molecule has 1 N–H and O–H groups in total. The molecule has 1 aromatic carbocycles. The van der Waals surface area contributed by atoms with E-state index in [1.165, 1.54) is 6.92 Å². The molecule has 0 aliphatic heterocycles. The van der Waals surface area contributed by atoms with Crippen molar-refractivity contribution in [3.05, 3.63) is 29.8 Å². The van der Waals surface area contributed by atoms with Gasteiger partial charge in [-0.25, -0.2) is 4.79 Å². The van der Waals surface area contributed by atoms with Crippen LogP contribution in [-0.2, 0) is 25.5 Å². The normalized spacial score (nSPS) is 11.0.